The van der Waals surface area contributed by atoms with E-state index in [1.165, 1.54) is 22.1 Å². The molecule has 4 aromatic rings. The highest BCUT2D eigenvalue weighted by Gasteiger charge is 2.16. The number of aromatic nitrogens is 1. The SMILES string of the molecule is CCc1nc(-c2ccc(OCc3cccc4ccccc34)cc2)sc1C(=O)O. The lowest BCUT2D eigenvalue weighted by Gasteiger charge is -2.09. The number of rotatable bonds is 6. The summed E-state index contributed by atoms with van der Waals surface area (Å²) in [5.41, 5.74) is 2.66. The number of thiazole rings is 1. The zero-order valence-corrected chi connectivity index (χ0v) is 16.2. The Hall–Kier alpha value is -3.18. The van der Waals surface area contributed by atoms with E-state index >= 15 is 0 Å². The van der Waals surface area contributed by atoms with Crippen LogP contribution in [-0.2, 0) is 13.0 Å². The van der Waals surface area contributed by atoms with E-state index in [2.05, 4.69) is 29.2 Å². The van der Waals surface area contributed by atoms with Gasteiger partial charge in [0, 0.05) is 5.56 Å². The molecular weight excluding hydrogens is 370 g/mol. The lowest BCUT2D eigenvalue weighted by molar-refractivity contribution is 0.0701. The second kappa shape index (κ2) is 7.82. The highest BCUT2D eigenvalue weighted by atomic mass is 32.1. The molecule has 0 aliphatic rings. The Balaban J connectivity index is 1.51. The van der Waals surface area contributed by atoms with E-state index in [9.17, 15) is 9.90 Å². The zero-order valence-electron chi connectivity index (χ0n) is 15.4. The van der Waals surface area contributed by atoms with Gasteiger partial charge in [-0.3, -0.25) is 0 Å². The molecule has 5 heteroatoms. The van der Waals surface area contributed by atoms with Crippen LogP contribution in [0.15, 0.2) is 66.7 Å². The van der Waals surface area contributed by atoms with Gasteiger partial charge in [-0.1, -0.05) is 49.4 Å². The maximum atomic E-state index is 11.3. The number of ether oxygens (including phenoxy) is 1. The molecule has 1 heterocycles. The van der Waals surface area contributed by atoms with Crippen molar-refractivity contribution in [3.63, 3.8) is 0 Å². The summed E-state index contributed by atoms with van der Waals surface area (Å²) in [6.45, 7) is 2.40. The van der Waals surface area contributed by atoms with Crippen molar-refractivity contribution >= 4 is 28.1 Å². The van der Waals surface area contributed by atoms with Crippen molar-refractivity contribution in [1.82, 2.24) is 4.98 Å². The molecule has 140 valence electrons. The van der Waals surface area contributed by atoms with Gasteiger partial charge in [-0.15, -0.1) is 11.3 Å². The third-order valence-corrected chi connectivity index (χ3v) is 5.74. The van der Waals surface area contributed by atoms with Gasteiger partial charge in [0.05, 0.1) is 5.69 Å². The number of hydrogen-bond acceptors (Lipinski definition) is 4. The smallest absolute Gasteiger partial charge is 0.347 e. The van der Waals surface area contributed by atoms with Crippen LogP contribution >= 0.6 is 11.3 Å². The molecule has 0 amide bonds. The van der Waals surface area contributed by atoms with Crippen LogP contribution in [0, 0.1) is 0 Å². The van der Waals surface area contributed by atoms with E-state index < -0.39 is 5.97 Å². The maximum Gasteiger partial charge on any atom is 0.347 e. The Kier molecular flexibility index (Phi) is 5.08. The third kappa shape index (κ3) is 3.62. The molecular formula is C23H19NO3S. The van der Waals surface area contributed by atoms with Crippen LogP contribution in [0.2, 0.25) is 0 Å². The van der Waals surface area contributed by atoms with Crippen LogP contribution in [0.25, 0.3) is 21.3 Å². The lowest BCUT2D eigenvalue weighted by atomic mass is 10.1. The van der Waals surface area contributed by atoms with Crippen LogP contribution in [-0.4, -0.2) is 16.1 Å². The minimum atomic E-state index is -0.921. The normalized spacial score (nSPS) is 10.9. The van der Waals surface area contributed by atoms with Gasteiger partial charge < -0.3 is 9.84 Å². The Morgan fingerprint density at radius 2 is 1.79 bits per heavy atom. The number of aromatic carboxylic acids is 1. The van der Waals surface area contributed by atoms with Crippen molar-refractivity contribution in [2.45, 2.75) is 20.0 Å². The minimum Gasteiger partial charge on any atom is -0.489 e. The van der Waals surface area contributed by atoms with Gasteiger partial charge in [0.25, 0.3) is 0 Å². The molecule has 4 nitrogen and oxygen atoms in total. The summed E-state index contributed by atoms with van der Waals surface area (Å²) < 4.78 is 5.97. The molecule has 0 fully saturated rings. The highest BCUT2D eigenvalue weighted by molar-refractivity contribution is 7.17. The summed E-state index contributed by atoms with van der Waals surface area (Å²) in [5.74, 6) is -0.155. The van der Waals surface area contributed by atoms with Gasteiger partial charge in [0.2, 0.25) is 0 Å². The van der Waals surface area contributed by atoms with Crippen LogP contribution < -0.4 is 4.74 Å². The number of aryl methyl sites for hydroxylation is 1. The van der Waals surface area contributed by atoms with E-state index in [1.807, 2.05) is 49.4 Å². The van der Waals surface area contributed by atoms with Crippen LogP contribution in [0.4, 0.5) is 0 Å². The van der Waals surface area contributed by atoms with Crippen LogP contribution in [0.3, 0.4) is 0 Å². The number of carboxylic acids is 1. The van der Waals surface area contributed by atoms with Crippen molar-refractivity contribution in [3.05, 3.63) is 82.9 Å². The van der Waals surface area contributed by atoms with Gasteiger partial charge in [-0.2, -0.15) is 0 Å². The zero-order chi connectivity index (χ0) is 19.5. The largest absolute Gasteiger partial charge is 0.489 e. The molecule has 0 saturated carbocycles. The standard InChI is InChI=1S/C23H19NO3S/c1-2-20-21(23(25)26)28-22(24-20)16-10-12-18(13-11-16)27-14-17-8-5-7-15-6-3-4-9-19(15)17/h3-13H,2,14H2,1H3,(H,25,26). The van der Waals surface area contributed by atoms with Gasteiger partial charge >= 0.3 is 5.97 Å². The minimum absolute atomic E-state index is 0.314. The number of carboxylic acid groups (broad SMARTS) is 1. The number of carbonyl (C=O) groups is 1. The third-order valence-electron chi connectivity index (χ3n) is 4.60. The fourth-order valence-corrected chi connectivity index (χ4v) is 4.15. The summed E-state index contributed by atoms with van der Waals surface area (Å²) in [7, 11) is 0. The van der Waals surface area contributed by atoms with E-state index in [-0.39, 0.29) is 0 Å². The first kappa shape index (κ1) is 18.2. The molecule has 0 saturated heterocycles. The molecule has 0 unspecified atom stereocenters. The Labute approximate surface area is 167 Å². The molecule has 0 bridgehead atoms. The van der Waals surface area contributed by atoms with Gasteiger partial charge in [0.15, 0.2) is 0 Å². The maximum absolute atomic E-state index is 11.3. The number of benzene rings is 3. The van der Waals surface area contributed by atoms with Crippen LogP contribution in [0.1, 0.15) is 27.9 Å². The second-order valence-electron chi connectivity index (χ2n) is 6.40. The summed E-state index contributed by atoms with van der Waals surface area (Å²) in [4.78, 5) is 16.1. The van der Waals surface area contributed by atoms with Crippen molar-refractivity contribution in [2.75, 3.05) is 0 Å². The average molecular weight is 389 g/mol. The number of nitrogens with zero attached hydrogens (tertiary/aromatic N) is 1. The quantitative estimate of drug-likeness (QED) is 0.452. The predicted octanol–water partition coefficient (Wildman–Crippen LogP) is 5.80. The number of hydrogen-bond donors (Lipinski definition) is 1. The summed E-state index contributed by atoms with van der Waals surface area (Å²) in [6.07, 6.45) is 0.602. The topological polar surface area (TPSA) is 59.4 Å². The van der Waals surface area contributed by atoms with Crippen LogP contribution in [0.5, 0.6) is 5.75 Å². The molecule has 0 aliphatic carbocycles. The molecule has 0 radical (unpaired) electrons. The van der Waals surface area contributed by atoms with E-state index in [1.54, 1.807) is 0 Å². The van der Waals surface area contributed by atoms with E-state index in [0.29, 0.717) is 23.6 Å². The molecule has 1 N–H and O–H groups in total. The van der Waals surface area contributed by atoms with Gasteiger partial charge in [0.1, 0.15) is 22.2 Å². The molecule has 4 rings (SSSR count). The fourth-order valence-electron chi connectivity index (χ4n) is 3.16. The van der Waals surface area contributed by atoms with Crippen molar-refractivity contribution in [3.8, 4) is 16.3 Å². The first-order valence-corrected chi connectivity index (χ1v) is 9.90. The monoisotopic (exact) mass is 389 g/mol. The second-order valence-corrected chi connectivity index (χ2v) is 7.40. The van der Waals surface area contributed by atoms with Gasteiger partial charge in [-0.25, -0.2) is 9.78 Å². The molecule has 1 aromatic heterocycles. The van der Waals surface area contributed by atoms with E-state index in [4.69, 9.17) is 4.74 Å². The Morgan fingerprint density at radius 3 is 2.50 bits per heavy atom. The van der Waals surface area contributed by atoms with Gasteiger partial charge in [-0.05, 0) is 47.0 Å². The summed E-state index contributed by atoms with van der Waals surface area (Å²) >= 11 is 1.21. The van der Waals surface area contributed by atoms with Crippen molar-refractivity contribution in [1.29, 1.82) is 0 Å². The van der Waals surface area contributed by atoms with E-state index in [0.717, 1.165) is 21.9 Å². The fraction of sp³-hybridized carbons (Fsp3) is 0.130. The van der Waals surface area contributed by atoms with Crippen molar-refractivity contribution < 1.29 is 14.6 Å². The Morgan fingerprint density at radius 1 is 1.04 bits per heavy atom. The predicted molar refractivity (Wildman–Crippen MR) is 112 cm³/mol. The molecule has 0 spiro atoms. The Bertz CT molecular complexity index is 1130. The lowest BCUT2D eigenvalue weighted by Crippen LogP contribution is -1.97. The average Bonchev–Trinajstić information content (AvgIpc) is 3.17. The number of fused-ring (bicyclic) bond motifs is 1. The molecule has 28 heavy (non-hydrogen) atoms. The first-order chi connectivity index (χ1) is 13.7. The molecule has 3 aromatic carbocycles. The highest BCUT2D eigenvalue weighted by Crippen LogP contribution is 2.30. The first-order valence-electron chi connectivity index (χ1n) is 9.08. The molecule has 0 aliphatic heterocycles. The van der Waals surface area contributed by atoms with Crippen molar-refractivity contribution in [2.24, 2.45) is 0 Å². The summed E-state index contributed by atoms with van der Waals surface area (Å²) in [5, 5.41) is 12.4. The molecule has 0 atom stereocenters. The summed E-state index contributed by atoms with van der Waals surface area (Å²) in [6, 6.07) is 22.1.